The van der Waals surface area contributed by atoms with Gasteiger partial charge in [-0.05, 0) is 37.1 Å². The molecule has 1 aliphatic rings. The molecule has 128 valence electrons. The van der Waals surface area contributed by atoms with Gasteiger partial charge in [0.05, 0.1) is 24.1 Å². The summed E-state index contributed by atoms with van der Waals surface area (Å²) >= 11 is 1.42. The lowest BCUT2D eigenvalue weighted by Gasteiger charge is -2.24. The van der Waals surface area contributed by atoms with E-state index in [-0.39, 0.29) is 11.9 Å². The largest absolute Gasteiger partial charge is 0.313 e. The molecule has 1 aliphatic heterocycles. The zero-order valence-corrected chi connectivity index (χ0v) is 14.3. The van der Waals surface area contributed by atoms with Crippen LogP contribution in [-0.2, 0) is 6.54 Å². The smallest absolute Gasteiger partial charge is 0.211 e. The molecule has 25 heavy (non-hydrogen) atoms. The van der Waals surface area contributed by atoms with Crippen molar-refractivity contribution in [3.05, 3.63) is 59.2 Å². The van der Waals surface area contributed by atoms with E-state index < -0.39 is 0 Å². The summed E-state index contributed by atoms with van der Waals surface area (Å²) in [4.78, 5) is 11.4. The van der Waals surface area contributed by atoms with Crippen LogP contribution < -0.4 is 5.32 Å². The second-order valence-electron chi connectivity index (χ2n) is 5.95. The van der Waals surface area contributed by atoms with Crippen molar-refractivity contribution in [3.63, 3.8) is 0 Å². The molecule has 0 saturated carbocycles. The van der Waals surface area contributed by atoms with Crippen LogP contribution in [-0.4, -0.2) is 31.6 Å². The van der Waals surface area contributed by atoms with Gasteiger partial charge in [0.1, 0.15) is 11.3 Å². The maximum atomic E-state index is 13.1. The Morgan fingerprint density at radius 1 is 1.24 bits per heavy atom. The number of nitrogens with one attached hydrogen (secondary N) is 1. The van der Waals surface area contributed by atoms with Crippen molar-refractivity contribution in [1.82, 2.24) is 25.1 Å². The molecule has 1 fully saturated rings. The summed E-state index contributed by atoms with van der Waals surface area (Å²) in [5.74, 6) is 0.464. The summed E-state index contributed by atoms with van der Waals surface area (Å²) in [6, 6.07) is 6.90. The minimum absolute atomic E-state index is 0.206. The fourth-order valence-electron chi connectivity index (χ4n) is 3.11. The first-order valence-corrected chi connectivity index (χ1v) is 8.99. The maximum Gasteiger partial charge on any atom is 0.211 e. The van der Waals surface area contributed by atoms with Gasteiger partial charge in [0.2, 0.25) is 5.13 Å². The molecule has 3 heterocycles. The molecule has 3 aromatic rings. The fraction of sp³-hybridized carbons (Fsp3) is 0.294. The molecule has 4 rings (SSSR count). The highest BCUT2D eigenvalue weighted by atomic mass is 32.1. The van der Waals surface area contributed by atoms with E-state index in [0.29, 0.717) is 10.9 Å². The predicted molar refractivity (Wildman–Crippen MR) is 94.0 cm³/mol. The number of rotatable bonds is 5. The molecule has 0 radical (unpaired) electrons. The van der Waals surface area contributed by atoms with E-state index in [1.165, 1.54) is 23.5 Å². The average molecular weight is 356 g/mol. The number of hydrogen-bond donors (Lipinski definition) is 1. The minimum Gasteiger partial charge on any atom is -0.313 e. The first-order chi connectivity index (χ1) is 12.3. The number of hydrogen-bond acceptors (Lipinski definition) is 7. The number of anilines is 2. The number of nitrogens with zero attached hydrogens (tertiary/aromatic N) is 5. The van der Waals surface area contributed by atoms with Crippen LogP contribution in [0.4, 0.5) is 15.3 Å². The molecule has 8 heteroatoms. The second kappa shape index (κ2) is 7.20. The lowest BCUT2D eigenvalue weighted by molar-refractivity contribution is 0.244. The molecule has 1 saturated heterocycles. The Bertz CT molecular complexity index is 823. The van der Waals surface area contributed by atoms with Gasteiger partial charge in [0.25, 0.3) is 0 Å². The second-order valence-corrected chi connectivity index (χ2v) is 6.79. The molecular weight excluding hydrogens is 339 g/mol. The summed E-state index contributed by atoms with van der Waals surface area (Å²) < 4.78 is 13.1. The van der Waals surface area contributed by atoms with Crippen molar-refractivity contribution in [3.8, 4) is 0 Å². The molecule has 1 atom stereocenters. The van der Waals surface area contributed by atoms with Crippen molar-refractivity contribution in [2.45, 2.75) is 25.4 Å². The number of likely N-dealkylation sites (tertiary alicyclic amines) is 1. The predicted octanol–water partition coefficient (Wildman–Crippen LogP) is 3.55. The van der Waals surface area contributed by atoms with E-state index in [2.05, 4.69) is 25.4 Å². The molecule has 0 amide bonds. The third-order valence-electron chi connectivity index (χ3n) is 4.25. The van der Waals surface area contributed by atoms with E-state index in [1.807, 2.05) is 18.3 Å². The van der Waals surface area contributed by atoms with Crippen molar-refractivity contribution in [2.24, 2.45) is 0 Å². The summed E-state index contributed by atoms with van der Waals surface area (Å²) in [7, 11) is 0. The Balaban J connectivity index is 1.50. The molecule has 0 bridgehead atoms. The Morgan fingerprint density at radius 2 is 2.12 bits per heavy atom. The Kier molecular flexibility index (Phi) is 4.62. The third-order valence-corrected chi connectivity index (χ3v) is 4.86. The van der Waals surface area contributed by atoms with Gasteiger partial charge in [-0.2, -0.15) is 0 Å². The molecule has 0 aliphatic carbocycles. The monoisotopic (exact) mass is 356 g/mol. The topological polar surface area (TPSA) is 66.8 Å². The van der Waals surface area contributed by atoms with Crippen LogP contribution in [0.15, 0.2) is 42.2 Å². The quantitative estimate of drug-likeness (QED) is 0.754. The first-order valence-electron chi connectivity index (χ1n) is 8.11. The standard InChI is InChI=1S/C17H17FN6S/c18-13-5-3-12(4-6-13)10-24-7-1-2-15(24)14-8-19-9-16(21-14)22-17-23-20-11-25-17/h3-6,8-9,11,15H,1-2,7,10H2,(H,21,22,23)/t15-/m0/s1. The lowest BCUT2D eigenvalue weighted by atomic mass is 10.1. The molecule has 6 nitrogen and oxygen atoms in total. The number of halogens is 1. The summed E-state index contributed by atoms with van der Waals surface area (Å²) in [6.07, 6.45) is 5.66. The van der Waals surface area contributed by atoms with Crippen LogP contribution in [0.3, 0.4) is 0 Å². The van der Waals surface area contributed by atoms with Crippen molar-refractivity contribution >= 4 is 22.3 Å². The van der Waals surface area contributed by atoms with Crippen LogP contribution in [0.5, 0.6) is 0 Å². The van der Waals surface area contributed by atoms with Crippen LogP contribution in [0, 0.1) is 5.82 Å². The van der Waals surface area contributed by atoms with Gasteiger partial charge >= 0.3 is 0 Å². The molecule has 1 aromatic carbocycles. The van der Waals surface area contributed by atoms with Crippen molar-refractivity contribution in [1.29, 1.82) is 0 Å². The molecule has 1 N–H and O–H groups in total. The van der Waals surface area contributed by atoms with Crippen LogP contribution >= 0.6 is 11.3 Å². The van der Waals surface area contributed by atoms with Gasteiger partial charge in [0.15, 0.2) is 5.82 Å². The van der Waals surface area contributed by atoms with Gasteiger partial charge in [-0.1, -0.05) is 23.5 Å². The van der Waals surface area contributed by atoms with Crippen LogP contribution in [0.2, 0.25) is 0 Å². The minimum atomic E-state index is -0.206. The Labute approximate surface area is 148 Å². The maximum absolute atomic E-state index is 13.1. The highest BCUT2D eigenvalue weighted by Gasteiger charge is 2.27. The third kappa shape index (κ3) is 3.80. The van der Waals surface area contributed by atoms with E-state index in [0.717, 1.165) is 37.2 Å². The highest BCUT2D eigenvalue weighted by Crippen LogP contribution is 2.32. The lowest BCUT2D eigenvalue weighted by Crippen LogP contribution is -2.23. The number of benzene rings is 1. The normalized spacial score (nSPS) is 17.7. The summed E-state index contributed by atoms with van der Waals surface area (Å²) in [5.41, 5.74) is 3.71. The van der Waals surface area contributed by atoms with E-state index >= 15 is 0 Å². The number of aromatic nitrogens is 4. The molecule has 2 aromatic heterocycles. The molecule has 0 spiro atoms. The van der Waals surface area contributed by atoms with Gasteiger partial charge < -0.3 is 5.32 Å². The molecule has 0 unspecified atom stereocenters. The first kappa shape index (κ1) is 16.0. The van der Waals surface area contributed by atoms with E-state index in [9.17, 15) is 4.39 Å². The van der Waals surface area contributed by atoms with Gasteiger partial charge in [-0.25, -0.2) is 9.37 Å². The summed E-state index contributed by atoms with van der Waals surface area (Å²) in [6.45, 7) is 1.78. The Hall–Kier alpha value is -2.45. The van der Waals surface area contributed by atoms with Crippen LogP contribution in [0.1, 0.15) is 30.1 Å². The van der Waals surface area contributed by atoms with Crippen molar-refractivity contribution in [2.75, 3.05) is 11.9 Å². The van der Waals surface area contributed by atoms with Gasteiger partial charge in [-0.3, -0.25) is 9.88 Å². The van der Waals surface area contributed by atoms with Gasteiger partial charge in [0, 0.05) is 6.54 Å². The van der Waals surface area contributed by atoms with Gasteiger partial charge in [-0.15, -0.1) is 10.2 Å². The summed E-state index contributed by atoms with van der Waals surface area (Å²) in [5, 5.41) is 11.6. The zero-order chi connectivity index (χ0) is 17.1. The fourth-order valence-corrected chi connectivity index (χ4v) is 3.57. The SMILES string of the molecule is Fc1ccc(CN2CCC[C@H]2c2cncc(Nc3nncs3)n2)cc1. The van der Waals surface area contributed by atoms with E-state index in [1.54, 1.807) is 11.7 Å². The molecular formula is C17H17FN6S. The zero-order valence-electron chi connectivity index (χ0n) is 13.5. The van der Waals surface area contributed by atoms with Crippen LogP contribution in [0.25, 0.3) is 0 Å². The average Bonchev–Trinajstić information content (AvgIpc) is 3.29. The van der Waals surface area contributed by atoms with Crippen molar-refractivity contribution < 1.29 is 4.39 Å². The van der Waals surface area contributed by atoms with E-state index in [4.69, 9.17) is 4.98 Å². The highest BCUT2D eigenvalue weighted by molar-refractivity contribution is 7.13. The Morgan fingerprint density at radius 3 is 2.92 bits per heavy atom.